The molecule has 0 spiro atoms. The zero-order valence-corrected chi connectivity index (χ0v) is 10.3. The molecule has 1 unspecified atom stereocenters. The van der Waals surface area contributed by atoms with E-state index in [9.17, 15) is 4.79 Å². The first-order valence-electron chi connectivity index (χ1n) is 5.09. The highest BCUT2D eigenvalue weighted by Gasteiger charge is 2.22. The molecule has 1 aromatic carbocycles. The van der Waals surface area contributed by atoms with Gasteiger partial charge in [-0.25, -0.2) is 4.79 Å². The normalized spacial score (nSPS) is 11.1. The Balaban J connectivity index is 2.84. The first-order chi connectivity index (χ1) is 8.69. The number of rotatable bonds is 5. The summed E-state index contributed by atoms with van der Waals surface area (Å²) in [7, 11) is 0. The molecule has 0 saturated carbocycles. The van der Waals surface area contributed by atoms with Gasteiger partial charge < -0.3 is 9.47 Å². The Morgan fingerprint density at radius 1 is 1.22 bits per heavy atom. The lowest BCUT2D eigenvalue weighted by molar-refractivity contribution is -0.155. The highest BCUT2D eigenvalue weighted by molar-refractivity contribution is 6.30. The quantitative estimate of drug-likeness (QED) is 0.603. The number of esters is 1. The van der Waals surface area contributed by atoms with Crippen molar-refractivity contribution < 1.29 is 14.3 Å². The lowest BCUT2D eigenvalue weighted by Crippen LogP contribution is -2.19. The van der Waals surface area contributed by atoms with E-state index in [1.54, 1.807) is 24.3 Å². The van der Waals surface area contributed by atoms with Crippen LogP contribution in [0.4, 0.5) is 0 Å². The highest BCUT2D eigenvalue weighted by Crippen LogP contribution is 2.21. The van der Waals surface area contributed by atoms with Gasteiger partial charge in [0.15, 0.2) is 12.7 Å². The Labute approximate surface area is 111 Å². The van der Waals surface area contributed by atoms with Gasteiger partial charge in [0.25, 0.3) is 0 Å². The van der Waals surface area contributed by atoms with E-state index in [1.165, 1.54) is 0 Å². The Morgan fingerprint density at radius 2 is 1.83 bits per heavy atom. The van der Waals surface area contributed by atoms with Crippen molar-refractivity contribution in [3.05, 3.63) is 34.9 Å². The summed E-state index contributed by atoms with van der Waals surface area (Å²) in [5, 5.41) is 0.562. The van der Waals surface area contributed by atoms with E-state index >= 15 is 0 Å². The number of halogens is 1. The zero-order valence-electron chi connectivity index (χ0n) is 9.56. The van der Waals surface area contributed by atoms with Gasteiger partial charge in [-0.2, -0.15) is 0 Å². The predicted octanol–water partition coefficient (Wildman–Crippen LogP) is 2.21. The Morgan fingerprint density at radius 3 is 2.39 bits per heavy atom. The van der Waals surface area contributed by atoms with Crippen LogP contribution in [0.25, 0.3) is 0 Å². The maximum absolute atomic E-state index is 11.7. The molecule has 0 aliphatic heterocycles. The van der Waals surface area contributed by atoms with Gasteiger partial charge >= 0.3 is 5.97 Å². The summed E-state index contributed by atoms with van der Waals surface area (Å²) in [6, 6.07) is 6.64. The molecule has 0 saturated heterocycles. The molecule has 0 heterocycles. The number of ether oxygens (including phenoxy) is 2. The molecule has 3 nitrogen and oxygen atoms in total. The number of hydrogen-bond donors (Lipinski definition) is 0. The summed E-state index contributed by atoms with van der Waals surface area (Å²) >= 11 is 5.77. The first kappa shape index (κ1) is 14.1. The largest absolute Gasteiger partial charge is 0.450 e. The number of benzene rings is 1. The molecule has 0 aliphatic carbocycles. The summed E-state index contributed by atoms with van der Waals surface area (Å²) < 4.78 is 10.1. The molecule has 0 fully saturated rings. The van der Waals surface area contributed by atoms with E-state index in [2.05, 4.69) is 11.8 Å². The molecule has 0 N–H and O–H groups in total. The lowest BCUT2D eigenvalue weighted by Gasteiger charge is -2.15. The van der Waals surface area contributed by atoms with Gasteiger partial charge in [0.05, 0.1) is 0 Å². The molecule has 0 bridgehead atoms. The van der Waals surface area contributed by atoms with Crippen LogP contribution < -0.4 is 0 Å². The zero-order chi connectivity index (χ0) is 13.4. The molecule has 1 atom stereocenters. The van der Waals surface area contributed by atoms with Gasteiger partial charge in [0.1, 0.15) is 6.61 Å². The van der Waals surface area contributed by atoms with Crippen LogP contribution in [0.1, 0.15) is 11.7 Å². The van der Waals surface area contributed by atoms with Crippen LogP contribution in [0.3, 0.4) is 0 Å². The summed E-state index contributed by atoms with van der Waals surface area (Å²) in [5.74, 6) is 3.93. The summed E-state index contributed by atoms with van der Waals surface area (Å²) in [6.07, 6.45) is 9.22. The molecule has 0 radical (unpaired) electrons. The van der Waals surface area contributed by atoms with Gasteiger partial charge in [-0.1, -0.05) is 35.6 Å². The van der Waals surface area contributed by atoms with Crippen LogP contribution in [-0.4, -0.2) is 19.2 Å². The second-order valence-corrected chi connectivity index (χ2v) is 3.69. The molecule has 0 amide bonds. The monoisotopic (exact) mass is 262 g/mol. The lowest BCUT2D eigenvalue weighted by atomic mass is 10.1. The van der Waals surface area contributed by atoms with Crippen LogP contribution in [-0.2, 0) is 14.3 Å². The third-order valence-corrected chi connectivity index (χ3v) is 2.27. The van der Waals surface area contributed by atoms with Crippen LogP contribution in [0.15, 0.2) is 24.3 Å². The van der Waals surface area contributed by atoms with Crippen LogP contribution >= 0.6 is 11.6 Å². The van der Waals surface area contributed by atoms with E-state index in [-0.39, 0.29) is 13.2 Å². The minimum absolute atomic E-state index is 0.00154. The van der Waals surface area contributed by atoms with Crippen molar-refractivity contribution in [2.75, 3.05) is 13.2 Å². The fourth-order valence-electron chi connectivity index (χ4n) is 1.26. The second kappa shape index (κ2) is 7.40. The van der Waals surface area contributed by atoms with Gasteiger partial charge in [-0.3, -0.25) is 0 Å². The second-order valence-electron chi connectivity index (χ2n) is 3.26. The van der Waals surface area contributed by atoms with E-state index < -0.39 is 12.1 Å². The summed E-state index contributed by atoms with van der Waals surface area (Å²) in [5.41, 5.74) is 0.608. The molecule has 0 aliphatic rings. The van der Waals surface area contributed by atoms with Gasteiger partial charge in [0.2, 0.25) is 0 Å². The maximum atomic E-state index is 11.7. The number of terminal acetylenes is 2. The van der Waals surface area contributed by atoms with E-state index in [0.29, 0.717) is 10.6 Å². The standard InChI is InChI=1S/C14H11ClO3/c1-3-9-17-13(14(16)18-10-4-2)11-5-7-12(15)8-6-11/h1-2,5-8,13H,9-10H2. The van der Waals surface area contributed by atoms with Crippen LogP contribution in [0.5, 0.6) is 0 Å². The smallest absolute Gasteiger partial charge is 0.340 e. The number of carbonyl (C=O) groups is 1. The number of hydrogen-bond acceptors (Lipinski definition) is 3. The molecule has 92 valence electrons. The Kier molecular flexibility index (Phi) is 5.80. The number of carbonyl (C=O) groups excluding carboxylic acids is 1. The van der Waals surface area contributed by atoms with Crippen molar-refractivity contribution in [2.45, 2.75) is 6.10 Å². The molecule has 1 aromatic rings. The molecule has 1 rings (SSSR count). The van der Waals surface area contributed by atoms with Crippen molar-refractivity contribution in [3.8, 4) is 24.7 Å². The fourth-order valence-corrected chi connectivity index (χ4v) is 1.38. The van der Waals surface area contributed by atoms with Gasteiger partial charge in [-0.15, -0.1) is 12.8 Å². The van der Waals surface area contributed by atoms with E-state index in [0.717, 1.165) is 0 Å². The van der Waals surface area contributed by atoms with Gasteiger partial charge in [-0.05, 0) is 17.7 Å². The van der Waals surface area contributed by atoms with Crippen LogP contribution in [0.2, 0.25) is 5.02 Å². The predicted molar refractivity (Wildman–Crippen MR) is 68.8 cm³/mol. The molecular weight excluding hydrogens is 252 g/mol. The SMILES string of the molecule is C#CCOC(=O)C(OCC#C)c1ccc(Cl)cc1. The fraction of sp³-hybridized carbons (Fsp3) is 0.214. The van der Waals surface area contributed by atoms with Crippen molar-refractivity contribution in [1.29, 1.82) is 0 Å². The van der Waals surface area contributed by atoms with Crippen molar-refractivity contribution in [2.24, 2.45) is 0 Å². The minimum atomic E-state index is -0.897. The molecular formula is C14H11ClO3. The average molecular weight is 263 g/mol. The van der Waals surface area contributed by atoms with E-state index in [1.807, 2.05) is 0 Å². The van der Waals surface area contributed by atoms with Crippen LogP contribution in [0, 0.1) is 24.7 Å². The summed E-state index contributed by atoms with van der Waals surface area (Å²) in [6.45, 7) is -0.110. The molecule has 4 heteroatoms. The average Bonchev–Trinajstić information content (AvgIpc) is 2.38. The van der Waals surface area contributed by atoms with Crippen molar-refractivity contribution in [1.82, 2.24) is 0 Å². The third kappa shape index (κ3) is 4.14. The van der Waals surface area contributed by atoms with Crippen molar-refractivity contribution >= 4 is 17.6 Å². The Hall–Kier alpha value is -1.94. The van der Waals surface area contributed by atoms with Crippen molar-refractivity contribution in [3.63, 3.8) is 0 Å². The highest BCUT2D eigenvalue weighted by atomic mass is 35.5. The maximum Gasteiger partial charge on any atom is 0.340 e. The topological polar surface area (TPSA) is 35.5 Å². The first-order valence-corrected chi connectivity index (χ1v) is 5.47. The third-order valence-electron chi connectivity index (χ3n) is 2.02. The molecule has 0 aromatic heterocycles. The molecule has 18 heavy (non-hydrogen) atoms. The van der Waals surface area contributed by atoms with E-state index in [4.69, 9.17) is 33.9 Å². The minimum Gasteiger partial charge on any atom is -0.450 e. The summed E-state index contributed by atoms with van der Waals surface area (Å²) in [4.78, 5) is 11.7. The Bertz CT molecular complexity index is 479. The van der Waals surface area contributed by atoms with Gasteiger partial charge in [0, 0.05) is 5.02 Å².